The minimum Gasteiger partial charge on any atom is -0.267 e. The van der Waals surface area contributed by atoms with Gasteiger partial charge in [0.2, 0.25) is 0 Å². The first kappa shape index (κ1) is 17.1. The number of halogens is 1. The molecule has 0 atom stereocenters. The lowest BCUT2D eigenvalue weighted by atomic mass is 10.1. The topological polar surface area (TPSA) is 84.6 Å². The first-order valence-corrected chi connectivity index (χ1v) is 7.82. The van der Waals surface area contributed by atoms with Crippen LogP contribution in [-0.2, 0) is 0 Å². The molecular formula is C16H14IN3O3. The highest BCUT2D eigenvalue weighted by molar-refractivity contribution is 14.1. The molecule has 0 radical (unpaired) electrons. The van der Waals surface area contributed by atoms with E-state index in [1.54, 1.807) is 13.8 Å². The van der Waals surface area contributed by atoms with Crippen molar-refractivity contribution in [2.75, 3.05) is 0 Å². The third-order valence-electron chi connectivity index (χ3n) is 3.33. The number of carbonyl (C=O) groups is 1. The average molecular weight is 423 g/mol. The Kier molecular flexibility index (Phi) is 5.43. The highest BCUT2D eigenvalue weighted by atomic mass is 127. The van der Waals surface area contributed by atoms with Gasteiger partial charge in [-0.25, -0.2) is 5.43 Å². The molecule has 23 heavy (non-hydrogen) atoms. The highest BCUT2D eigenvalue weighted by Crippen LogP contribution is 2.20. The molecular weight excluding hydrogens is 409 g/mol. The molecule has 0 aromatic heterocycles. The van der Waals surface area contributed by atoms with E-state index < -0.39 is 10.8 Å². The summed E-state index contributed by atoms with van der Waals surface area (Å²) >= 11 is 2.21. The molecule has 0 fully saturated rings. The average Bonchev–Trinajstić information content (AvgIpc) is 2.53. The summed E-state index contributed by atoms with van der Waals surface area (Å²) in [6, 6.07) is 12.1. The Morgan fingerprint density at radius 3 is 2.48 bits per heavy atom. The second kappa shape index (κ2) is 7.32. The van der Waals surface area contributed by atoms with Gasteiger partial charge in [0.1, 0.15) is 0 Å². The summed E-state index contributed by atoms with van der Waals surface area (Å²) in [5.41, 5.74) is 4.45. The lowest BCUT2D eigenvalue weighted by molar-refractivity contribution is -0.385. The molecule has 0 saturated carbocycles. The van der Waals surface area contributed by atoms with Gasteiger partial charge in [-0.3, -0.25) is 14.9 Å². The SMILES string of the molecule is C/C(=N/NC(=O)c1cccc([N+](=O)[O-])c1C)c1ccc(I)cc1. The molecule has 2 rings (SSSR count). The standard InChI is InChI=1S/C16H14IN3O3/c1-10-14(4-3-5-15(10)20(22)23)16(21)19-18-11(2)12-6-8-13(17)9-7-12/h3-9H,1-2H3,(H,19,21)/b18-11-. The summed E-state index contributed by atoms with van der Waals surface area (Å²) in [6.45, 7) is 3.32. The molecule has 1 amide bonds. The number of benzene rings is 2. The third kappa shape index (κ3) is 4.13. The van der Waals surface area contributed by atoms with Crippen LogP contribution < -0.4 is 5.43 Å². The van der Waals surface area contributed by atoms with E-state index in [1.807, 2.05) is 24.3 Å². The number of hydrazone groups is 1. The van der Waals surface area contributed by atoms with Gasteiger partial charge < -0.3 is 0 Å². The quantitative estimate of drug-likeness (QED) is 0.353. The Morgan fingerprint density at radius 2 is 1.87 bits per heavy atom. The van der Waals surface area contributed by atoms with Crippen LogP contribution in [0.15, 0.2) is 47.6 Å². The summed E-state index contributed by atoms with van der Waals surface area (Å²) in [5.74, 6) is -0.476. The molecule has 2 aromatic rings. The molecule has 118 valence electrons. The van der Waals surface area contributed by atoms with Crippen LogP contribution in [0.5, 0.6) is 0 Å². The largest absolute Gasteiger partial charge is 0.273 e. The summed E-state index contributed by atoms with van der Waals surface area (Å²) in [5, 5.41) is 15.0. The Balaban J connectivity index is 2.19. The van der Waals surface area contributed by atoms with Crippen molar-refractivity contribution in [1.82, 2.24) is 5.43 Å². The molecule has 0 aliphatic rings. The molecule has 7 heteroatoms. The van der Waals surface area contributed by atoms with Crippen LogP contribution in [0, 0.1) is 20.6 Å². The monoisotopic (exact) mass is 423 g/mol. The number of rotatable bonds is 4. The summed E-state index contributed by atoms with van der Waals surface area (Å²) in [7, 11) is 0. The van der Waals surface area contributed by atoms with Crippen LogP contribution in [-0.4, -0.2) is 16.5 Å². The van der Waals surface area contributed by atoms with Crippen molar-refractivity contribution in [2.45, 2.75) is 13.8 Å². The van der Waals surface area contributed by atoms with Gasteiger partial charge >= 0.3 is 0 Å². The zero-order valence-corrected chi connectivity index (χ0v) is 14.7. The van der Waals surface area contributed by atoms with E-state index in [4.69, 9.17) is 0 Å². The summed E-state index contributed by atoms with van der Waals surface area (Å²) < 4.78 is 1.11. The predicted molar refractivity (Wildman–Crippen MR) is 96.7 cm³/mol. The van der Waals surface area contributed by atoms with Crippen molar-refractivity contribution in [1.29, 1.82) is 0 Å². The van der Waals surface area contributed by atoms with Crippen molar-refractivity contribution >= 4 is 39.9 Å². The van der Waals surface area contributed by atoms with Crippen LogP contribution >= 0.6 is 22.6 Å². The highest BCUT2D eigenvalue weighted by Gasteiger charge is 2.17. The van der Waals surface area contributed by atoms with Crippen molar-refractivity contribution in [3.05, 3.63) is 72.8 Å². The molecule has 0 unspecified atom stereocenters. The number of carbonyl (C=O) groups excluding carboxylic acids is 1. The Morgan fingerprint density at radius 1 is 1.22 bits per heavy atom. The molecule has 6 nitrogen and oxygen atoms in total. The van der Waals surface area contributed by atoms with Crippen LogP contribution in [0.1, 0.15) is 28.4 Å². The van der Waals surface area contributed by atoms with Crippen molar-refractivity contribution in [3.63, 3.8) is 0 Å². The van der Waals surface area contributed by atoms with E-state index in [9.17, 15) is 14.9 Å². The number of amides is 1. The minimum absolute atomic E-state index is 0.0870. The molecule has 0 heterocycles. The van der Waals surface area contributed by atoms with Gasteiger partial charge in [-0.15, -0.1) is 0 Å². The number of nitrogens with one attached hydrogen (secondary N) is 1. The van der Waals surface area contributed by atoms with Crippen LogP contribution in [0.25, 0.3) is 0 Å². The maximum absolute atomic E-state index is 12.2. The van der Waals surface area contributed by atoms with Gasteiger partial charge in [0.05, 0.1) is 16.2 Å². The summed E-state index contributed by atoms with van der Waals surface area (Å²) in [4.78, 5) is 22.6. The number of nitro groups is 1. The molecule has 1 N–H and O–H groups in total. The minimum atomic E-state index is -0.508. The van der Waals surface area contributed by atoms with E-state index in [0.717, 1.165) is 9.13 Å². The fourth-order valence-corrected chi connectivity index (χ4v) is 2.38. The van der Waals surface area contributed by atoms with E-state index >= 15 is 0 Å². The molecule has 2 aromatic carbocycles. The van der Waals surface area contributed by atoms with Crippen molar-refractivity contribution in [2.24, 2.45) is 5.10 Å². The van der Waals surface area contributed by atoms with Gasteiger partial charge in [0, 0.05) is 15.2 Å². The predicted octanol–water partition coefficient (Wildman–Crippen LogP) is 3.66. The molecule has 0 spiro atoms. The first-order chi connectivity index (χ1) is 10.9. The van der Waals surface area contributed by atoms with E-state index in [-0.39, 0.29) is 11.3 Å². The lowest BCUT2D eigenvalue weighted by Gasteiger charge is -2.06. The number of hydrogen-bond donors (Lipinski definition) is 1. The zero-order valence-electron chi connectivity index (χ0n) is 12.5. The van der Waals surface area contributed by atoms with Gasteiger partial charge in [-0.2, -0.15) is 5.10 Å². The van der Waals surface area contributed by atoms with E-state index in [0.29, 0.717) is 11.3 Å². The van der Waals surface area contributed by atoms with Gasteiger partial charge in [-0.1, -0.05) is 18.2 Å². The summed E-state index contributed by atoms with van der Waals surface area (Å²) in [6.07, 6.45) is 0. The maximum atomic E-state index is 12.2. The van der Waals surface area contributed by atoms with Crippen molar-refractivity contribution < 1.29 is 9.72 Å². The fourth-order valence-electron chi connectivity index (χ4n) is 2.02. The second-order valence-corrected chi connectivity index (χ2v) is 6.10. The van der Waals surface area contributed by atoms with E-state index in [1.165, 1.54) is 18.2 Å². The molecule has 0 bridgehead atoms. The van der Waals surface area contributed by atoms with Crippen LogP contribution in [0.4, 0.5) is 5.69 Å². The van der Waals surface area contributed by atoms with Crippen LogP contribution in [0.3, 0.4) is 0 Å². The third-order valence-corrected chi connectivity index (χ3v) is 4.05. The van der Waals surface area contributed by atoms with Crippen molar-refractivity contribution in [3.8, 4) is 0 Å². The van der Waals surface area contributed by atoms with Gasteiger partial charge in [0.15, 0.2) is 0 Å². The van der Waals surface area contributed by atoms with Crippen LogP contribution in [0.2, 0.25) is 0 Å². The Hall–Kier alpha value is -2.29. The lowest BCUT2D eigenvalue weighted by Crippen LogP contribution is -2.20. The second-order valence-electron chi connectivity index (χ2n) is 4.85. The van der Waals surface area contributed by atoms with Gasteiger partial charge in [0.25, 0.3) is 11.6 Å². The molecule has 0 aliphatic carbocycles. The first-order valence-electron chi connectivity index (χ1n) is 6.74. The Bertz CT molecular complexity index is 786. The number of hydrogen-bond acceptors (Lipinski definition) is 4. The smallest absolute Gasteiger partial charge is 0.267 e. The van der Waals surface area contributed by atoms with E-state index in [2.05, 4.69) is 33.1 Å². The Labute approximate surface area is 146 Å². The molecule has 0 aliphatic heterocycles. The number of nitro benzene ring substituents is 1. The fraction of sp³-hybridized carbons (Fsp3) is 0.125. The normalized spacial score (nSPS) is 11.2. The zero-order chi connectivity index (χ0) is 17.0. The molecule has 0 saturated heterocycles. The maximum Gasteiger partial charge on any atom is 0.273 e. The number of nitrogens with zero attached hydrogens (tertiary/aromatic N) is 2. The van der Waals surface area contributed by atoms with Gasteiger partial charge in [-0.05, 0) is 60.2 Å².